The first-order chi connectivity index (χ1) is 19.8. The second kappa shape index (κ2) is 11.0. The maximum absolute atomic E-state index is 11.4. The van der Waals surface area contributed by atoms with Gasteiger partial charge < -0.3 is 54.7 Å². The second-order valence-corrected chi connectivity index (χ2v) is 14.9. The fraction of sp³-hybridized carbons (Fsp3) is 0.935. The van der Waals surface area contributed by atoms with Crippen LogP contribution in [-0.4, -0.2) is 117 Å². The number of rotatable bonds is 7. The molecule has 11 heteroatoms. The number of hydrogen-bond acceptors (Lipinski definition) is 11. The minimum atomic E-state index is -1.87. The highest BCUT2D eigenvalue weighted by atomic mass is 16.7. The predicted octanol–water partition coefficient (Wildman–Crippen LogP) is 0.208. The Morgan fingerprint density at radius 3 is 2.38 bits per heavy atom. The largest absolute Gasteiger partial charge is 0.393 e. The first-order valence-electron chi connectivity index (χ1n) is 15.7. The van der Waals surface area contributed by atoms with E-state index in [1.807, 2.05) is 0 Å². The average molecular weight is 599 g/mol. The Bertz CT molecular complexity index is 1030. The van der Waals surface area contributed by atoms with E-state index in [9.17, 15) is 35.7 Å². The predicted molar refractivity (Wildman–Crippen MR) is 148 cm³/mol. The topological polar surface area (TPSA) is 179 Å². The number of allylic oxidation sites excluding steroid dienone is 1. The summed E-state index contributed by atoms with van der Waals surface area (Å²) in [4.78, 5) is 0. The van der Waals surface area contributed by atoms with Crippen molar-refractivity contribution < 1.29 is 54.7 Å². The summed E-state index contributed by atoms with van der Waals surface area (Å²) in [7, 11) is 0. The van der Waals surface area contributed by atoms with Gasteiger partial charge in [0.2, 0.25) is 0 Å². The molecule has 2 aliphatic heterocycles. The highest BCUT2D eigenvalue weighted by Crippen LogP contribution is 2.72. The van der Waals surface area contributed by atoms with Crippen molar-refractivity contribution in [2.45, 2.75) is 120 Å². The van der Waals surface area contributed by atoms with Crippen LogP contribution < -0.4 is 0 Å². The third kappa shape index (κ3) is 4.74. The Kier molecular flexibility index (Phi) is 8.18. The number of aliphatic hydroxyl groups excluding tert-OH is 6. The van der Waals surface area contributed by atoms with Crippen LogP contribution in [0.5, 0.6) is 0 Å². The number of fused-ring (bicyclic) bond motifs is 3. The van der Waals surface area contributed by atoms with Crippen molar-refractivity contribution in [3.63, 3.8) is 0 Å². The lowest BCUT2D eigenvalue weighted by molar-refractivity contribution is -0.321. The van der Waals surface area contributed by atoms with Crippen molar-refractivity contribution in [2.75, 3.05) is 26.4 Å². The van der Waals surface area contributed by atoms with E-state index in [4.69, 9.17) is 18.9 Å². The van der Waals surface area contributed by atoms with E-state index in [0.29, 0.717) is 23.7 Å². The molecular weight excluding hydrogens is 548 g/mol. The molecule has 240 valence electrons. The average Bonchev–Trinajstić information content (AvgIpc) is 3.38. The van der Waals surface area contributed by atoms with Gasteiger partial charge in [-0.3, -0.25) is 0 Å². The standard InChI is InChI=1S/C31H50O11/c1-16-10-30-9-6-19-28(2,20(30)5-4-17(16)11-30)8-7-21(33)29(19,3)14-40-26-24(36)23(35)22(34)18(42-26)12-39-27-25(37)31(38,13-32)15-41-27/h17-27,32-38H,1,4-15H2,2-3H3/t17-,18-,19+,20+,21+,22-,23+,24-,25+,26-,27-,28-,29-,30-,31-/m1/s1. The molecule has 15 atom stereocenters. The molecule has 4 aliphatic carbocycles. The normalized spacial score (nSPS) is 55.8. The zero-order chi connectivity index (χ0) is 30.2. The van der Waals surface area contributed by atoms with Gasteiger partial charge in [0.15, 0.2) is 12.6 Å². The molecule has 11 nitrogen and oxygen atoms in total. The van der Waals surface area contributed by atoms with Crippen LogP contribution in [0.25, 0.3) is 0 Å². The number of aliphatic hydroxyl groups is 7. The monoisotopic (exact) mass is 598 g/mol. The molecule has 6 rings (SSSR count). The molecule has 6 fully saturated rings. The van der Waals surface area contributed by atoms with Gasteiger partial charge in [0, 0.05) is 5.41 Å². The summed E-state index contributed by atoms with van der Waals surface area (Å²) in [6, 6.07) is 0. The third-order valence-corrected chi connectivity index (χ3v) is 12.6. The SMILES string of the molecule is C=C1C[C@@]23CC[C@H]4[C@@](C)(CC[C@H](O)[C@]4(C)CO[C@@H]4O[C@H](CO[C@@H]5OC[C@](O)(CO)[C@H]5O)[C@@H](O)[C@H](O)[C@H]4O)[C@@H]2CC[C@@H]1C3. The molecule has 0 unspecified atom stereocenters. The fourth-order valence-electron chi connectivity index (χ4n) is 10.2. The van der Waals surface area contributed by atoms with Crippen molar-refractivity contribution in [1.29, 1.82) is 0 Å². The van der Waals surface area contributed by atoms with Crippen LogP contribution >= 0.6 is 0 Å². The van der Waals surface area contributed by atoms with E-state index in [2.05, 4.69) is 20.4 Å². The molecule has 0 amide bonds. The van der Waals surface area contributed by atoms with Crippen LogP contribution in [0.15, 0.2) is 12.2 Å². The lowest BCUT2D eigenvalue weighted by Gasteiger charge is -2.65. The second-order valence-electron chi connectivity index (χ2n) is 14.9. The Balaban J connectivity index is 1.14. The summed E-state index contributed by atoms with van der Waals surface area (Å²) in [6.07, 6.45) is -2.00. The summed E-state index contributed by atoms with van der Waals surface area (Å²) in [5.41, 5.74) is -0.695. The lowest BCUT2D eigenvalue weighted by atomic mass is 9.40. The first kappa shape index (κ1) is 31.3. The molecule has 0 aromatic heterocycles. The fourth-order valence-corrected chi connectivity index (χ4v) is 10.2. The van der Waals surface area contributed by atoms with Crippen molar-refractivity contribution in [3.8, 4) is 0 Å². The van der Waals surface area contributed by atoms with Crippen LogP contribution in [0, 0.1) is 34.0 Å². The Hall–Kier alpha value is -0.700. The Morgan fingerprint density at radius 2 is 1.67 bits per heavy atom. The summed E-state index contributed by atoms with van der Waals surface area (Å²) in [6.45, 7) is 7.60. The van der Waals surface area contributed by atoms with Gasteiger partial charge in [-0.05, 0) is 80.0 Å². The first-order valence-corrected chi connectivity index (χ1v) is 15.7. The van der Waals surface area contributed by atoms with E-state index < -0.39 is 66.8 Å². The molecule has 1 spiro atoms. The van der Waals surface area contributed by atoms with Gasteiger partial charge in [0.1, 0.15) is 36.1 Å². The van der Waals surface area contributed by atoms with Crippen LogP contribution in [0.2, 0.25) is 0 Å². The molecule has 4 saturated carbocycles. The van der Waals surface area contributed by atoms with E-state index in [0.717, 1.165) is 25.7 Å². The number of ether oxygens (including phenoxy) is 4. The highest BCUT2D eigenvalue weighted by molar-refractivity contribution is 5.22. The molecule has 2 saturated heterocycles. The van der Waals surface area contributed by atoms with E-state index in [1.165, 1.54) is 24.8 Å². The van der Waals surface area contributed by atoms with Crippen molar-refractivity contribution in [1.82, 2.24) is 0 Å². The van der Waals surface area contributed by atoms with Gasteiger partial charge in [0.05, 0.1) is 32.5 Å². The molecule has 7 N–H and O–H groups in total. The molecular formula is C31H50O11. The molecule has 42 heavy (non-hydrogen) atoms. The molecule has 0 aromatic carbocycles. The van der Waals surface area contributed by atoms with E-state index in [1.54, 1.807) is 0 Å². The maximum atomic E-state index is 11.4. The molecule has 6 aliphatic rings. The summed E-state index contributed by atoms with van der Waals surface area (Å²) in [5.74, 6) is 1.42. The van der Waals surface area contributed by atoms with Gasteiger partial charge in [-0.2, -0.15) is 0 Å². The third-order valence-electron chi connectivity index (χ3n) is 12.6. The number of hydrogen-bond donors (Lipinski definition) is 7. The summed E-state index contributed by atoms with van der Waals surface area (Å²) >= 11 is 0. The minimum absolute atomic E-state index is 0.0436. The molecule has 0 radical (unpaired) electrons. The van der Waals surface area contributed by atoms with E-state index in [-0.39, 0.29) is 31.2 Å². The zero-order valence-electron chi connectivity index (χ0n) is 24.8. The smallest absolute Gasteiger partial charge is 0.186 e. The van der Waals surface area contributed by atoms with Crippen molar-refractivity contribution in [2.24, 2.45) is 34.0 Å². The molecule has 0 aromatic rings. The van der Waals surface area contributed by atoms with Gasteiger partial charge in [-0.1, -0.05) is 26.0 Å². The van der Waals surface area contributed by atoms with E-state index >= 15 is 0 Å². The molecule has 2 bridgehead atoms. The van der Waals surface area contributed by atoms with Crippen LogP contribution in [-0.2, 0) is 18.9 Å². The highest BCUT2D eigenvalue weighted by Gasteiger charge is 2.65. The van der Waals surface area contributed by atoms with Gasteiger partial charge in [-0.25, -0.2) is 0 Å². The van der Waals surface area contributed by atoms with Crippen LogP contribution in [0.1, 0.15) is 65.2 Å². The summed E-state index contributed by atoms with van der Waals surface area (Å²) in [5, 5.41) is 73.2. The maximum Gasteiger partial charge on any atom is 0.186 e. The lowest BCUT2D eigenvalue weighted by Crippen LogP contribution is -2.63. The van der Waals surface area contributed by atoms with Crippen LogP contribution in [0.3, 0.4) is 0 Å². The minimum Gasteiger partial charge on any atom is -0.393 e. The van der Waals surface area contributed by atoms with Crippen LogP contribution in [0.4, 0.5) is 0 Å². The Morgan fingerprint density at radius 1 is 0.905 bits per heavy atom. The van der Waals surface area contributed by atoms with Gasteiger partial charge >= 0.3 is 0 Å². The molecule has 2 heterocycles. The zero-order valence-corrected chi connectivity index (χ0v) is 24.8. The van der Waals surface area contributed by atoms with Crippen molar-refractivity contribution in [3.05, 3.63) is 12.2 Å². The quantitative estimate of drug-likeness (QED) is 0.199. The Labute approximate surface area is 247 Å². The summed E-state index contributed by atoms with van der Waals surface area (Å²) < 4.78 is 22.8. The van der Waals surface area contributed by atoms with Gasteiger partial charge in [-0.15, -0.1) is 0 Å². The van der Waals surface area contributed by atoms with Gasteiger partial charge in [0.25, 0.3) is 0 Å². The van der Waals surface area contributed by atoms with Crippen molar-refractivity contribution >= 4 is 0 Å².